The molecule has 2 aromatic rings. The summed E-state index contributed by atoms with van der Waals surface area (Å²) in [6.45, 7) is 1.01. The van der Waals surface area contributed by atoms with Gasteiger partial charge in [0.2, 0.25) is 5.91 Å². The zero-order valence-electron chi connectivity index (χ0n) is 15.1. The predicted octanol–water partition coefficient (Wildman–Crippen LogP) is 4.83. The third kappa shape index (κ3) is 3.63. The molecule has 0 aromatic heterocycles. The molecule has 4 rings (SSSR count). The number of phenolic OH excluding ortho intramolecular Hbond substituents is 1. The second kappa shape index (κ2) is 7.00. The molecule has 0 unspecified atom stereocenters. The number of rotatable bonds is 3. The summed E-state index contributed by atoms with van der Waals surface area (Å²) < 4.78 is 39.7. The molecule has 6 heteroatoms. The van der Waals surface area contributed by atoms with Crippen molar-refractivity contribution in [2.45, 2.75) is 24.9 Å². The maximum atomic E-state index is 13.2. The minimum Gasteiger partial charge on any atom is -0.508 e. The molecule has 28 heavy (non-hydrogen) atoms. The number of aromatic hydroxyl groups is 1. The van der Waals surface area contributed by atoms with Crippen LogP contribution in [-0.2, 0) is 11.0 Å². The van der Waals surface area contributed by atoms with E-state index in [1.807, 2.05) is 18.2 Å². The summed E-state index contributed by atoms with van der Waals surface area (Å²) in [5.41, 5.74) is 1.71. The van der Waals surface area contributed by atoms with Gasteiger partial charge in [-0.15, -0.1) is 0 Å². The SMILES string of the molecule is O=C([C@@H]1C[C@H]1c1ccccc1C(F)(F)F)N1CC=C(c2ccc(O)cc2)CC1. The summed E-state index contributed by atoms with van der Waals surface area (Å²) in [5.74, 6) is -0.584. The van der Waals surface area contributed by atoms with Crippen LogP contribution >= 0.6 is 0 Å². The van der Waals surface area contributed by atoms with Crippen LogP contribution in [-0.4, -0.2) is 29.0 Å². The summed E-state index contributed by atoms with van der Waals surface area (Å²) in [7, 11) is 0. The molecule has 0 spiro atoms. The van der Waals surface area contributed by atoms with E-state index in [1.54, 1.807) is 23.1 Å². The van der Waals surface area contributed by atoms with E-state index < -0.39 is 11.7 Å². The van der Waals surface area contributed by atoms with Gasteiger partial charge in [-0.25, -0.2) is 0 Å². The van der Waals surface area contributed by atoms with E-state index in [0.29, 0.717) is 25.9 Å². The van der Waals surface area contributed by atoms with Gasteiger partial charge in [-0.3, -0.25) is 4.79 Å². The highest BCUT2D eigenvalue weighted by atomic mass is 19.4. The number of alkyl halides is 3. The van der Waals surface area contributed by atoms with Crippen LogP contribution in [0.5, 0.6) is 5.75 Å². The first-order valence-corrected chi connectivity index (χ1v) is 9.28. The zero-order valence-corrected chi connectivity index (χ0v) is 15.1. The van der Waals surface area contributed by atoms with Crippen molar-refractivity contribution in [2.24, 2.45) is 5.92 Å². The number of phenols is 1. The van der Waals surface area contributed by atoms with Crippen molar-refractivity contribution in [1.29, 1.82) is 0 Å². The average Bonchev–Trinajstić information content (AvgIpc) is 3.48. The molecule has 1 aliphatic carbocycles. The van der Waals surface area contributed by atoms with Crippen molar-refractivity contribution >= 4 is 11.5 Å². The molecule has 146 valence electrons. The third-order valence-corrected chi connectivity index (χ3v) is 5.53. The molecule has 1 N–H and O–H groups in total. The Balaban J connectivity index is 1.43. The highest BCUT2D eigenvalue weighted by molar-refractivity contribution is 5.84. The van der Waals surface area contributed by atoms with Gasteiger partial charge in [0.05, 0.1) is 5.56 Å². The Bertz CT molecular complexity index is 918. The molecule has 1 amide bonds. The van der Waals surface area contributed by atoms with Crippen LogP contribution in [0.2, 0.25) is 0 Å². The number of halogens is 3. The molecule has 0 bridgehead atoms. The fourth-order valence-corrected chi connectivity index (χ4v) is 3.93. The van der Waals surface area contributed by atoms with E-state index in [9.17, 15) is 23.1 Å². The largest absolute Gasteiger partial charge is 0.508 e. The van der Waals surface area contributed by atoms with Crippen LogP contribution in [0.15, 0.2) is 54.6 Å². The van der Waals surface area contributed by atoms with Gasteiger partial charge in [0.25, 0.3) is 0 Å². The summed E-state index contributed by atoms with van der Waals surface area (Å²) >= 11 is 0. The third-order valence-electron chi connectivity index (χ3n) is 5.53. The highest BCUT2D eigenvalue weighted by Gasteiger charge is 2.49. The minimum atomic E-state index is -4.40. The first-order valence-electron chi connectivity index (χ1n) is 9.28. The Hall–Kier alpha value is -2.76. The molecule has 1 saturated carbocycles. The lowest BCUT2D eigenvalue weighted by Gasteiger charge is -2.27. The second-order valence-corrected chi connectivity index (χ2v) is 7.34. The van der Waals surface area contributed by atoms with E-state index in [-0.39, 0.29) is 29.1 Å². The van der Waals surface area contributed by atoms with Crippen LogP contribution in [0.3, 0.4) is 0 Å². The van der Waals surface area contributed by atoms with Crippen LogP contribution < -0.4 is 0 Å². The maximum absolute atomic E-state index is 13.2. The fraction of sp³-hybridized carbons (Fsp3) is 0.318. The van der Waals surface area contributed by atoms with Gasteiger partial charge in [-0.1, -0.05) is 36.4 Å². The smallest absolute Gasteiger partial charge is 0.416 e. The normalized spacial score (nSPS) is 22.0. The first kappa shape index (κ1) is 18.6. The van der Waals surface area contributed by atoms with Gasteiger partial charge in [0, 0.05) is 19.0 Å². The summed E-state index contributed by atoms with van der Waals surface area (Å²) in [6.07, 6.45) is -1.27. The predicted molar refractivity (Wildman–Crippen MR) is 99.6 cm³/mol. The molecule has 1 heterocycles. The average molecular weight is 387 g/mol. The summed E-state index contributed by atoms with van der Waals surface area (Å²) in [5, 5.41) is 9.38. The Morgan fingerprint density at radius 2 is 1.79 bits per heavy atom. The molecule has 2 aromatic carbocycles. The molecule has 0 saturated heterocycles. The molecule has 2 atom stereocenters. The molecule has 1 aliphatic heterocycles. The maximum Gasteiger partial charge on any atom is 0.416 e. The first-order chi connectivity index (χ1) is 13.3. The van der Waals surface area contributed by atoms with Gasteiger partial charge in [-0.05, 0) is 53.7 Å². The minimum absolute atomic E-state index is 0.0667. The lowest BCUT2D eigenvalue weighted by molar-refractivity contribution is -0.138. The summed E-state index contributed by atoms with van der Waals surface area (Å²) in [4.78, 5) is 14.5. The number of amides is 1. The molecule has 0 radical (unpaired) electrons. The van der Waals surface area contributed by atoms with E-state index >= 15 is 0 Å². The molecule has 3 nitrogen and oxygen atoms in total. The van der Waals surface area contributed by atoms with E-state index in [2.05, 4.69) is 0 Å². The number of hydrogen-bond acceptors (Lipinski definition) is 2. The standard InChI is InChI=1S/C22H20F3NO2/c23-22(24,25)20-4-2-1-3-17(20)18-13-19(18)21(28)26-11-9-15(10-12-26)14-5-7-16(27)8-6-14/h1-9,18-19,27H,10-13H2/t18-,19+/m0/s1. The van der Waals surface area contributed by atoms with Crippen LogP contribution in [0.25, 0.3) is 5.57 Å². The number of hydrogen-bond donors (Lipinski definition) is 1. The van der Waals surface area contributed by atoms with Crippen LogP contribution in [0, 0.1) is 5.92 Å². The monoisotopic (exact) mass is 387 g/mol. The van der Waals surface area contributed by atoms with Crippen LogP contribution in [0.1, 0.15) is 35.4 Å². The quantitative estimate of drug-likeness (QED) is 0.820. The molecule has 2 aliphatic rings. The van der Waals surface area contributed by atoms with E-state index in [0.717, 1.165) is 17.2 Å². The second-order valence-electron chi connectivity index (χ2n) is 7.34. The van der Waals surface area contributed by atoms with Crippen molar-refractivity contribution in [1.82, 2.24) is 4.90 Å². The lowest BCUT2D eigenvalue weighted by Crippen LogP contribution is -2.36. The van der Waals surface area contributed by atoms with Crippen molar-refractivity contribution in [3.8, 4) is 5.75 Å². The van der Waals surface area contributed by atoms with Crippen molar-refractivity contribution in [2.75, 3.05) is 13.1 Å². The Morgan fingerprint density at radius 3 is 2.43 bits per heavy atom. The van der Waals surface area contributed by atoms with Gasteiger partial charge >= 0.3 is 6.18 Å². The molecular weight excluding hydrogens is 367 g/mol. The fourth-order valence-electron chi connectivity index (χ4n) is 3.93. The Kier molecular flexibility index (Phi) is 4.65. The highest BCUT2D eigenvalue weighted by Crippen LogP contribution is 2.51. The van der Waals surface area contributed by atoms with Crippen molar-refractivity contribution in [3.05, 3.63) is 71.3 Å². The number of carbonyl (C=O) groups is 1. The van der Waals surface area contributed by atoms with Crippen LogP contribution in [0.4, 0.5) is 13.2 Å². The Morgan fingerprint density at radius 1 is 1.07 bits per heavy atom. The van der Waals surface area contributed by atoms with Gasteiger partial charge in [-0.2, -0.15) is 13.2 Å². The van der Waals surface area contributed by atoms with E-state index in [1.165, 1.54) is 12.1 Å². The zero-order chi connectivity index (χ0) is 19.9. The van der Waals surface area contributed by atoms with Crippen molar-refractivity contribution < 1.29 is 23.1 Å². The molecular formula is C22H20F3NO2. The van der Waals surface area contributed by atoms with Gasteiger partial charge in [0.15, 0.2) is 0 Å². The Labute approximate surface area is 161 Å². The van der Waals surface area contributed by atoms with Gasteiger partial charge in [0.1, 0.15) is 5.75 Å². The topological polar surface area (TPSA) is 40.5 Å². The lowest BCUT2D eigenvalue weighted by atomic mass is 9.98. The number of carbonyl (C=O) groups excluding carboxylic acids is 1. The van der Waals surface area contributed by atoms with Crippen molar-refractivity contribution in [3.63, 3.8) is 0 Å². The molecule has 1 fully saturated rings. The number of nitrogens with zero attached hydrogens (tertiary/aromatic N) is 1. The van der Waals surface area contributed by atoms with E-state index in [4.69, 9.17) is 0 Å². The summed E-state index contributed by atoms with van der Waals surface area (Å²) in [6, 6.07) is 12.5. The van der Waals surface area contributed by atoms with Gasteiger partial charge < -0.3 is 10.0 Å². The number of benzene rings is 2.